The van der Waals surface area contributed by atoms with Crippen LogP contribution in [-0.2, 0) is 11.3 Å². The number of hydrogen-bond acceptors (Lipinski definition) is 2. The molecule has 0 aliphatic rings. The van der Waals surface area contributed by atoms with Crippen LogP contribution in [0.25, 0.3) is 0 Å². The minimum atomic E-state index is 0.0920. The van der Waals surface area contributed by atoms with Crippen molar-refractivity contribution in [2.45, 2.75) is 33.2 Å². The van der Waals surface area contributed by atoms with Gasteiger partial charge in [-0.3, -0.25) is 4.79 Å². The summed E-state index contributed by atoms with van der Waals surface area (Å²) in [5, 5.41) is 3.38. The topological polar surface area (TPSA) is 32.3 Å². The van der Waals surface area contributed by atoms with E-state index in [2.05, 4.69) is 24.4 Å². The summed E-state index contributed by atoms with van der Waals surface area (Å²) in [6, 6.07) is 8.24. The number of hydrogen-bond donors (Lipinski definition) is 1. The summed E-state index contributed by atoms with van der Waals surface area (Å²) in [4.78, 5) is 12.9. The van der Waals surface area contributed by atoms with Gasteiger partial charge in [-0.1, -0.05) is 25.5 Å². The SMILES string of the molecule is CCCCNc1cccc(CN(C)C(C)=O)c1. The quantitative estimate of drug-likeness (QED) is 0.768. The van der Waals surface area contributed by atoms with Crippen LogP contribution in [0.4, 0.5) is 5.69 Å². The molecule has 94 valence electrons. The zero-order valence-electron chi connectivity index (χ0n) is 11.0. The molecule has 0 unspecified atom stereocenters. The number of benzene rings is 1. The van der Waals surface area contributed by atoms with Crippen molar-refractivity contribution < 1.29 is 4.79 Å². The van der Waals surface area contributed by atoms with E-state index in [4.69, 9.17) is 0 Å². The van der Waals surface area contributed by atoms with Gasteiger partial charge in [-0.2, -0.15) is 0 Å². The Morgan fingerprint density at radius 1 is 1.41 bits per heavy atom. The van der Waals surface area contributed by atoms with Gasteiger partial charge in [0.1, 0.15) is 0 Å². The van der Waals surface area contributed by atoms with Crippen molar-refractivity contribution >= 4 is 11.6 Å². The molecule has 1 aromatic rings. The Kier molecular flexibility index (Phi) is 5.53. The first kappa shape index (κ1) is 13.6. The van der Waals surface area contributed by atoms with E-state index in [-0.39, 0.29) is 5.91 Å². The Bertz CT molecular complexity index is 363. The number of rotatable bonds is 6. The molecule has 17 heavy (non-hydrogen) atoms. The first-order valence-electron chi connectivity index (χ1n) is 6.18. The number of nitrogens with zero attached hydrogens (tertiary/aromatic N) is 1. The van der Waals surface area contributed by atoms with Crippen LogP contribution in [0, 0.1) is 0 Å². The zero-order chi connectivity index (χ0) is 12.7. The molecule has 1 amide bonds. The van der Waals surface area contributed by atoms with Gasteiger partial charge >= 0.3 is 0 Å². The van der Waals surface area contributed by atoms with Crippen molar-refractivity contribution in [3.05, 3.63) is 29.8 Å². The van der Waals surface area contributed by atoms with Crippen LogP contribution in [0.15, 0.2) is 24.3 Å². The molecule has 1 aromatic carbocycles. The smallest absolute Gasteiger partial charge is 0.219 e. The molecule has 0 aliphatic carbocycles. The summed E-state index contributed by atoms with van der Waals surface area (Å²) < 4.78 is 0. The average Bonchev–Trinajstić information content (AvgIpc) is 2.30. The van der Waals surface area contributed by atoms with E-state index in [0.29, 0.717) is 6.54 Å². The third-order valence-electron chi connectivity index (χ3n) is 2.74. The molecule has 3 nitrogen and oxygen atoms in total. The Labute approximate surface area is 104 Å². The van der Waals surface area contributed by atoms with E-state index >= 15 is 0 Å². The lowest BCUT2D eigenvalue weighted by molar-refractivity contribution is -0.128. The van der Waals surface area contributed by atoms with Crippen LogP contribution in [0.5, 0.6) is 0 Å². The summed E-state index contributed by atoms with van der Waals surface area (Å²) in [7, 11) is 1.82. The highest BCUT2D eigenvalue weighted by molar-refractivity contribution is 5.72. The van der Waals surface area contributed by atoms with Gasteiger partial charge < -0.3 is 10.2 Å². The molecule has 0 aliphatic heterocycles. The minimum Gasteiger partial charge on any atom is -0.385 e. The molecule has 0 atom stereocenters. The van der Waals surface area contributed by atoms with Gasteiger partial charge in [0.2, 0.25) is 5.91 Å². The second kappa shape index (κ2) is 6.94. The summed E-state index contributed by atoms with van der Waals surface area (Å²) in [5.41, 5.74) is 2.29. The normalized spacial score (nSPS) is 10.1. The van der Waals surface area contributed by atoms with Gasteiger partial charge in [-0.15, -0.1) is 0 Å². The highest BCUT2D eigenvalue weighted by Gasteiger charge is 2.03. The highest BCUT2D eigenvalue weighted by atomic mass is 16.2. The number of anilines is 1. The van der Waals surface area contributed by atoms with Gasteiger partial charge in [0.15, 0.2) is 0 Å². The lowest BCUT2D eigenvalue weighted by atomic mass is 10.2. The second-order valence-corrected chi connectivity index (χ2v) is 4.36. The van der Waals surface area contributed by atoms with Crippen molar-refractivity contribution in [2.24, 2.45) is 0 Å². The fourth-order valence-electron chi connectivity index (χ4n) is 1.57. The zero-order valence-corrected chi connectivity index (χ0v) is 11.0. The molecule has 3 heteroatoms. The van der Waals surface area contributed by atoms with Crippen molar-refractivity contribution in [2.75, 3.05) is 18.9 Å². The van der Waals surface area contributed by atoms with Crippen LogP contribution in [0.2, 0.25) is 0 Å². The Hall–Kier alpha value is -1.51. The summed E-state index contributed by atoms with van der Waals surface area (Å²) in [6.45, 7) is 5.43. The van der Waals surface area contributed by atoms with Crippen molar-refractivity contribution in [1.82, 2.24) is 4.90 Å². The molecular formula is C14H22N2O. The monoisotopic (exact) mass is 234 g/mol. The van der Waals surface area contributed by atoms with Gasteiger partial charge in [0, 0.05) is 32.7 Å². The molecule has 1 rings (SSSR count). The van der Waals surface area contributed by atoms with Gasteiger partial charge in [0.25, 0.3) is 0 Å². The van der Waals surface area contributed by atoms with Gasteiger partial charge in [-0.25, -0.2) is 0 Å². The lowest BCUT2D eigenvalue weighted by Gasteiger charge is -2.15. The van der Waals surface area contributed by atoms with E-state index in [1.807, 2.05) is 19.2 Å². The summed E-state index contributed by atoms with van der Waals surface area (Å²) in [5.74, 6) is 0.0920. The molecule has 1 N–H and O–H groups in total. The van der Waals surface area contributed by atoms with Crippen molar-refractivity contribution in [3.63, 3.8) is 0 Å². The van der Waals surface area contributed by atoms with E-state index in [9.17, 15) is 4.79 Å². The third-order valence-corrected chi connectivity index (χ3v) is 2.74. The van der Waals surface area contributed by atoms with Crippen LogP contribution in [0.1, 0.15) is 32.3 Å². The molecule has 0 saturated heterocycles. The predicted octanol–water partition coefficient (Wildman–Crippen LogP) is 2.88. The first-order chi connectivity index (χ1) is 8.13. The molecule has 0 spiro atoms. The van der Waals surface area contributed by atoms with Crippen LogP contribution < -0.4 is 5.32 Å². The lowest BCUT2D eigenvalue weighted by Crippen LogP contribution is -2.23. The van der Waals surface area contributed by atoms with Crippen LogP contribution in [0.3, 0.4) is 0 Å². The Balaban J connectivity index is 2.56. The van der Waals surface area contributed by atoms with Crippen molar-refractivity contribution in [1.29, 1.82) is 0 Å². The molecule has 0 aromatic heterocycles. The molecule has 0 fully saturated rings. The molecular weight excluding hydrogens is 212 g/mol. The van der Waals surface area contributed by atoms with Crippen LogP contribution in [-0.4, -0.2) is 24.4 Å². The van der Waals surface area contributed by atoms with Crippen molar-refractivity contribution in [3.8, 4) is 0 Å². The average molecular weight is 234 g/mol. The summed E-state index contributed by atoms with van der Waals surface area (Å²) >= 11 is 0. The maximum atomic E-state index is 11.2. The van der Waals surface area contributed by atoms with Gasteiger partial charge in [-0.05, 0) is 24.1 Å². The fourth-order valence-corrected chi connectivity index (χ4v) is 1.57. The predicted molar refractivity (Wildman–Crippen MR) is 72.0 cm³/mol. The number of nitrogens with one attached hydrogen (secondary N) is 1. The maximum absolute atomic E-state index is 11.2. The summed E-state index contributed by atoms with van der Waals surface area (Å²) in [6.07, 6.45) is 2.37. The van der Waals surface area contributed by atoms with Crippen LogP contribution >= 0.6 is 0 Å². The third kappa shape index (κ3) is 4.89. The highest BCUT2D eigenvalue weighted by Crippen LogP contribution is 2.12. The Morgan fingerprint density at radius 3 is 2.82 bits per heavy atom. The number of carbonyl (C=O) groups excluding carboxylic acids is 1. The molecule has 0 heterocycles. The molecule has 0 saturated carbocycles. The second-order valence-electron chi connectivity index (χ2n) is 4.36. The molecule has 0 bridgehead atoms. The van der Waals surface area contributed by atoms with E-state index in [1.54, 1.807) is 11.8 Å². The minimum absolute atomic E-state index is 0.0920. The number of unbranched alkanes of at least 4 members (excludes halogenated alkanes) is 1. The van der Waals surface area contributed by atoms with E-state index in [1.165, 1.54) is 12.8 Å². The largest absolute Gasteiger partial charge is 0.385 e. The number of carbonyl (C=O) groups is 1. The fraction of sp³-hybridized carbons (Fsp3) is 0.500. The van der Waals surface area contributed by atoms with E-state index in [0.717, 1.165) is 17.8 Å². The Morgan fingerprint density at radius 2 is 2.18 bits per heavy atom. The molecule has 0 radical (unpaired) electrons. The maximum Gasteiger partial charge on any atom is 0.219 e. The van der Waals surface area contributed by atoms with Gasteiger partial charge in [0.05, 0.1) is 0 Å². The number of amides is 1. The van der Waals surface area contributed by atoms with E-state index < -0.39 is 0 Å². The standard InChI is InChI=1S/C14H22N2O/c1-4-5-9-15-14-8-6-7-13(10-14)11-16(3)12(2)17/h6-8,10,15H,4-5,9,11H2,1-3H3. The first-order valence-corrected chi connectivity index (χ1v) is 6.18.